The van der Waals surface area contributed by atoms with Crippen molar-refractivity contribution in [3.05, 3.63) is 74.0 Å². The number of nitrogens with one attached hydrogen (secondary N) is 1. The van der Waals surface area contributed by atoms with Crippen molar-refractivity contribution in [2.75, 3.05) is 6.61 Å². The van der Waals surface area contributed by atoms with E-state index in [0.717, 1.165) is 41.6 Å². The van der Waals surface area contributed by atoms with Crippen molar-refractivity contribution < 1.29 is 14.6 Å². The number of aromatic nitrogens is 2. The first-order chi connectivity index (χ1) is 14.5. The number of allylic oxidation sites excluding steroid dienone is 3. The third kappa shape index (κ3) is 5.17. The molecule has 0 bridgehead atoms. The van der Waals surface area contributed by atoms with Crippen molar-refractivity contribution in [2.45, 2.75) is 45.6 Å². The van der Waals surface area contributed by atoms with Gasteiger partial charge in [-0.1, -0.05) is 29.9 Å². The molecule has 0 aliphatic heterocycles. The number of ether oxygens (including phenoxy) is 1. The van der Waals surface area contributed by atoms with E-state index >= 15 is 0 Å². The first-order valence-electron chi connectivity index (χ1n) is 10.2. The molecular weight excluding hydrogens is 384 g/mol. The highest BCUT2D eigenvalue weighted by Crippen LogP contribution is 2.22. The topological polar surface area (TPSA) is 101 Å². The molecule has 0 amide bonds. The Labute approximate surface area is 174 Å². The van der Waals surface area contributed by atoms with Crippen LogP contribution in [0.2, 0.25) is 0 Å². The number of carbonyl (C=O) groups excluding carboxylic acids is 1. The average Bonchev–Trinajstić information content (AvgIpc) is 2.74. The molecule has 1 aliphatic carbocycles. The van der Waals surface area contributed by atoms with Crippen molar-refractivity contribution >= 4 is 11.9 Å². The van der Waals surface area contributed by atoms with Gasteiger partial charge in [0.2, 0.25) is 5.88 Å². The molecule has 0 spiro atoms. The SMILES string of the molecule is CCOc1ccc(/C=C/C(=O)c2c(O)n(CCC3=CCCCC3)c(=O)[nH]c2=O)cc1. The largest absolute Gasteiger partial charge is 0.494 e. The van der Waals surface area contributed by atoms with Crippen LogP contribution >= 0.6 is 0 Å². The summed E-state index contributed by atoms with van der Waals surface area (Å²) in [7, 11) is 0. The minimum atomic E-state index is -0.896. The lowest BCUT2D eigenvalue weighted by atomic mass is 9.97. The lowest BCUT2D eigenvalue weighted by Gasteiger charge is -2.14. The quantitative estimate of drug-likeness (QED) is 0.394. The zero-order chi connectivity index (χ0) is 21.5. The van der Waals surface area contributed by atoms with Gasteiger partial charge in [-0.05, 0) is 62.8 Å². The van der Waals surface area contributed by atoms with E-state index in [2.05, 4.69) is 11.1 Å². The van der Waals surface area contributed by atoms with Crippen LogP contribution in [0.4, 0.5) is 0 Å². The van der Waals surface area contributed by atoms with Crippen molar-refractivity contribution in [1.29, 1.82) is 0 Å². The first-order valence-corrected chi connectivity index (χ1v) is 10.2. The van der Waals surface area contributed by atoms with Crippen molar-refractivity contribution in [1.82, 2.24) is 9.55 Å². The number of carbonyl (C=O) groups is 1. The molecule has 0 fully saturated rings. The minimum absolute atomic E-state index is 0.205. The van der Waals surface area contributed by atoms with Gasteiger partial charge in [0.15, 0.2) is 5.78 Å². The number of H-pyrrole nitrogens is 1. The van der Waals surface area contributed by atoms with E-state index in [1.54, 1.807) is 30.3 Å². The smallest absolute Gasteiger partial charge is 0.331 e. The van der Waals surface area contributed by atoms with E-state index in [1.807, 2.05) is 6.92 Å². The summed E-state index contributed by atoms with van der Waals surface area (Å²) in [4.78, 5) is 39.1. The van der Waals surface area contributed by atoms with Crippen LogP contribution in [-0.4, -0.2) is 27.0 Å². The molecule has 0 unspecified atom stereocenters. The molecule has 30 heavy (non-hydrogen) atoms. The highest BCUT2D eigenvalue weighted by atomic mass is 16.5. The summed E-state index contributed by atoms with van der Waals surface area (Å²) < 4.78 is 6.42. The monoisotopic (exact) mass is 410 g/mol. The maximum absolute atomic E-state index is 12.6. The van der Waals surface area contributed by atoms with Gasteiger partial charge in [-0.15, -0.1) is 0 Å². The number of aromatic hydroxyl groups is 1. The molecule has 7 nitrogen and oxygen atoms in total. The zero-order valence-electron chi connectivity index (χ0n) is 17.0. The van der Waals surface area contributed by atoms with Crippen molar-refractivity contribution in [2.24, 2.45) is 0 Å². The van der Waals surface area contributed by atoms with Crippen LogP contribution in [0.3, 0.4) is 0 Å². The molecule has 2 N–H and O–H groups in total. The summed E-state index contributed by atoms with van der Waals surface area (Å²) in [6.07, 6.45) is 9.75. The number of ketones is 1. The number of nitrogens with zero attached hydrogens (tertiary/aromatic N) is 1. The molecule has 1 aromatic carbocycles. The standard InChI is InChI=1S/C23H26N2O5/c1-2-30-18-11-8-17(9-12-18)10-13-19(26)20-21(27)24-23(29)25(22(20)28)15-14-16-6-4-3-5-7-16/h6,8-13,28H,2-5,7,14-15H2,1H3,(H,24,27,29)/b13-10+. The molecule has 7 heteroatoms. The summed E-state index contributed by atoms with van der Waals surface area (Å²) in [6.45, 7) is 2.65. The fraction of sp³-hybridized carbons (Fsp3) is 0.348. The Morgan fingerprint density at radius 1 is 1.23 bits per heavy atom. The summed E-state index contributed by atoms with van der Waals surface area (Å²) in [5.74, 6) is -0.551. The third-order valence-electron chi connectivity index (χ3n) is 5.08. The van der Waals surface area contributed by atoms with E-state index in [0.29, 0.717) is 13.0 Å². The molecule has 0 saturated carbocycles. The summed E-state index contributed by atoms with van der Waals surface area (Å²) in [5.41, 5.74) is -0.0929. The number of hydrogen-bond acceptors (Lipinski definition) is 5. The lowest BCUT2D eigenvalue weighted by molar-refractivity contribution is 0.104. The molecule has 1 aliphatic rings. The maximum Gasteiger partial charge on any atom is 0.331 e. The molecular formula is C23H26N2O5. The molecule has 1 heterocycles. The summed E-state index contributed by atoms with van der Waals surface area (Å²) in [5, 5.41) is 10.5. The van der Waals surface area contributed by atoms with Crippen LogP contribution < -0.4 is 16.0 Å². The Balaban J connectivity index is 1.80. The number of rotatable bonds is 8. The van der Waals surface area contributed by atoms with Gasteiger partial charge in [0.05, 0.1) is 6.61 Å². The van der Waals surface area contributed by atoms with E-state index < -0.39 is 28.5 Å². The summed E-state index contributed by atoms with van der Waals surface area (Å²) >= 11 is 0. The maximum atomic E-state index is 12.6. The minimum Gasteiger partial charge on any atom is -0.494 e. The molecule has 0 saturated heterocycles. The van der Waals surface area contributed by atoms with Crippen LogP contribution in [-0.2, 0) is 6.54 Å². The van der Waals surface area contributed by atoms with Gasteiger partial charge in [-0.25, -0.2) is 4.79 Å². The van der Waals surface area contributed by atoms with Crippen LogP contribution in [0.15, 0.2) is 51.6 Å². The van der Waals surface area contributed by atoms with Gasteiger partial charge in [-0.3, -0.25) is 19.1 Å². The van der Waals surface area contributed by atoms with Crippen LogP contribution in [0.1, 0.15) is 54.9 Å². The fourth-order valence-corrected chi connectivity index (χ4v) is 3.47. The predicted molar refractivity (Wildman–Crippen MR) is 115 cm³/mol. The molecule has 2 aromatic rings. The molecule has 0 radical (unpaired) electrons. The lowest BCUT2D eigenvalue weighted by Crippen LogP contribution is -2.33. The Bertz CT molecular complexity index is 1070. The van der Waals surface area contributed by atoms with E-state index in [1.165, 1.54) is 11.6 Å². The highest BCUT2D eigenvalue weighted by molar-refractivity contribution is 6.08. The van der Waals surface area contributed by atoms with E-state index in [4.69, 9.17) is 4.74 Å². The molecule has 1 aromatic heterocycles. The van der Waals surface area contributed by atoms with Gasteiger partial charge < -0.3 is 9.84 Å². The summed E-state index contributed by atoms with van der Waals surface area (Å²) in [6, 6.07) is 7.10. The second kappa shape index (κ2) is 9.91. The molecule has 3 rings (SSSR count). The van der Waals surface area contributed by atoms with E-state index in [-0.39, 0.29) is 6.54 Å². The normalized spacial score (nSPS) is 14.0. The molecule has 158 valence electrons. The van der Waals surface area contributed by atoms with Crippen molar-refractivity contribution in [3.63, 3.8) is 0 Å². The van der Waals surface area contributed by atoms with Crippen LogP contribution in [0, 0.1) is 0 Å². The van der Waals surface area contributed by atoms with Gasteiger partial charge in [-0.2, -0.15) is 0 Å². The van der Waals surface area contributed by atoms with Gasteiger partial charge in [0.1, 0.15) is 11.3 Å². The Hall–Kier alpha value is -3.35. The second-order valence-corrected chi connectivity index (χ2v) is 7.17. The zero-order valence-corrected chi connectivity index (χ0v) is 17.0. The molecule has 0 atom stereocenters. The number of benzene rings is 1. The van der Waals surface area contributed by atoms with Crippen LogP contribution in [0.25, 0.3) is 6.08 Å². The van der Waals surface area contributed by atoms with Crippen molar-refractivity contribution in [3.8, 4) is 11.6 Å². The van der Waals surface area contributed by atoms with Crippen LogP contribution in [0.5, 0.6) is 11.6 Å². The highest BCUT2D eigenvalue weighted by Gasteiger charge is 2.19. The Morgan fingerprint density at radius 3 is 2.67 bits per heavy atom. The van der Waals surface area contributed by atoms with Gasteiger partial charge in [0, 0.05) is 6.54 Å². The second-order valence-electron chi connectivity index (χ2n) is 7.17. The fourth-order valence-electron chi connectivity index (χ4n) is 3.47. The number of aromatic amines is 1. The first kappa shape index (κ1) is 21.4. The Kier molecular flexibility index (Phi) is 7.06. The third-order valence-corrected chi connectivity index (χ3v) is 5.08. The van der Waals surface area contributed by atoms with E-state index in [9.17, 15) is 19.5 Å². The van der Waals surface area contributed by atoms with Gasteiger partial charge >= 0.3 is 5.69 Å². The number of hydrogen-bond donors (Lipinski definition) is 2. The predicted octanol–water partition coefficient (Wildman–Crippen LogP) is 3.43. The Morgan fingerprint density at radius 2 is 2.00 bits per heavy atom. The van der Waals surface area contributed by atoms with Gasteiger partial charge in [0.25, 0.3) is 5.56 Å². The average molecular weight is 410 g/mol.